The van der Waals surface area contributed by atoms with Crippen molar-refractivity contribution in [2.45, 2.75) is 6.42 Å². The highest BCUT2D eigenvalue weighted by atomic mass is 35.5. The van der Waals surface area contributed by atoms with E-state index in [4.69, 9.17) is 20.8 Å². The molecule has 4 heterocycles. The van der Waals surface area contributed by atoms with E-state index in [1.165, 1.54) is 0 Å². The normalized spacial score (nSPS) is 11.3. The third-order valence-corrected chi connectivity index (χ3v) is 5.87. The number of amides is 1. The fraction of sp³-hybridized carbons (Fsp3) is 0.208. The van der Waals surface area contributed by atoms with Crippen LogP contribution in [0.5, 0.6) is 0 Å². The van der Waals surface area contributed by atoms with Crippen molar-refractivity contribution in [3.05, 3.63) is 71.1 Å². The number of ether oxygens (including phenoxy) is 1. The van der Waals surface area contributed by atoms with Crippen molar-refractivity contribution in [2.24, 2.45) is 7.05 Å². The monoisotopic (exact) mass is 491 g/mol. The molecular weight excluding hydrogens is 470 g/mol. The summed E-state index contributed by atoms with van der Waals surface area (Å²) in [6.45, 7) is 0.862. The molecule has 178 valence electrons. The lowest BCUT2D eigenvalue weighted by Crippen LogP contribution is -2.26. The van der Waals surface area contributed by atoms with E-state index in [1.807, 2.05) is 19.3 Å². The molecule has 0 aliphatic carbocycles. The third kappa shape index (κ3) is 4.79. The number of aryl methyl sites for hydroxylation is 1. The van der Waals surface area contributed by atoms with Gasteiger partial charge in [-0.1, -0.05) is 17.7 Å². The van der Waals surface area contributed by atoms with E-state index in [0.717, 1.165) is 33.3 Å². The molecule has 0 atom stereocenters. The van der Waals surface area contributed by atoms with Crippen molar-refractivity contribution in [2.75, 3.05) is 20.3 Å². The Kier molecular flexibility index (Phi) is 6.30. The summed E-state index contributed by atoms with van der Waals surface area (Å²) in [5.41, 5.74) is 4.61. The minimum absolute atomic E-state index is 0.214. The summed E-state index contributed by atoms with van der Waals surface area (Å²) >= 11 is 6.43. The molecule has 0 aliphatic heterocycles. The molecule has 11 heteroatoms. The van der Waals surface area contributed by atoms with Crippen LogP contribution in [0, 0.1) is 0 Å². The molecule has 5 aromatic rings. The molecule has 1 aromatic carbocycles. The van der Waals surface area contributed by atoms with Crippen LogP contribution in [0.25, 0.3) is 33.6 Å². The number of hydrogen-bond acceptors (Lipinski definition) is 7. The molecule has 0 bridgehead atoms. The first kappa shape index (κ1) is 22.8. The molecule has 0 saturated carbocycles. The second-order valence-corrected chi connectivity index (χ2v) is 8.37. The predicted molar refractivity (Wildman–Crippen MR) is 130 cm³/mol. The number of fused-ring (bicyclic) bond motifs is 1. The fourth-order valence-electron chi connectivity index (χ4n) is 3.71. The SMILES string of the molecule is COCCNC(=O)c1ccc(Cc2nnc(-c3c[nH]c4ncc(-c5cnn(C)c5)cc34)o2)c(Cl)c1. The van der Waals surface area contributed by atoms with E-state index in [-0.39, 0.29) is 5.91 Å². The van der Waals surface area contributed by atoms with Crippen LogP contribution < -0.4 is 5.32 Å². The van der Waals surface area contributed by atoms with Gasteiger partial charge in [-0.15, -0.1) is 10.2 Å². The Morgan fingerprint density at radius 2 is 2.11 bits per heavy atom. The lowest BCUT2D eigenvalue weighted by Gasteiger charge is -2.07. The molecule has 5 rings (SSSR count). The largest absolute Gasteiger partial charge is 0.420 e. The van der Waals surface area contributed by atoms with E-state index < -0.39 is 0 Å². The van der Waals surface area contributed by atoms with Gasteiger partial charge in [0.25, 0.3) is 5.91 Å². The molecule has 0 unspecified atom stereocenters. The van der Waals surface area contributed by atoms with Gasteiger partial charge >= 0.3 is 0 Å². The number of carbonyl (C=O) groups is 1. The van der Waals surface area contributed by atoms with Crippen LogP contribution in [-0.2, 0) is 18.2 Å². The van der Waals surface area contributed by atoms with Gasteiger partial charge in [-0.05, 0) is 23.8 Å². The van der Waals surface area contributed by atoms with Crippen molar-refractivity contribution < 1.29 is 13.9 Å². The molecular formula is C24H22ClN7O3. The van der Waals surface area contributed by atoms with Gasteiger partial charge in [-0.3, -0.25) is 9.48 Å². The van der Waals surface area contributed by atoms with E-state index in [1.54, 1.807) is 48.6 Å². The van der Waals surface area contributed by atoms with Gasteiger partial charge in [0.1, 0.15) is 5.65 Å². The minimum atomic E-state index is -0.214. The van der Waals surface area contributed by atoms with E-state index >= 15 is 0 Å². The molecule has 0 saturated heterocycles. The zero-order valence-corrected chi connectivity index (χ0v) is 19.8. The smallest absolute Gasteiger partial charge is 0.251 e. The number of rotatable bonds is 8. The molecule has 0 radical (unpaired) electrons. The van der Waals surface area contributed by atoms with Crippen LogP contribution in [0.3, 0.4) is 0 Å². The Bertz CT molecular complexity index is 1500. The molecule has 1 amide bonds. The number of carbonyl (C=O) groups excluding carboxylic acids is 1. The summed E-state index contributed by atoms with van der Waals surface area (Å²) < 4.78 is 12.6. The zero-order valence-electron chi connectivity index (χ0n) is 19.1. The number of H-pyrrole nitrogens is 1. The summed E-state index contributed by atoms with van der Waals surface area (Å²) in [7, 11) is 3.45. The Morgan fingerprint density at radius 1 is 1.23 bits per heavy atom. The number of benzene rings is 1. The molecule has 10 nitrogen and oxygen atoms in total. The minimum Gasteiger partial charge on any atom is -0.420 e. The van der Waals surface area contributed by atoms with Crippen molar-refractivity contribution in [3.8, 4) is 22.6 Å². The number of nitrogens with zero attached hydrogens (tertiary/aromatic N) is 5. The van der Waals surface area contributed by atoms with Crippen molar-refractivity contribution in [1.29, 1.82) is 0 Å². The summed E-state index contributed by atoms with van der Waals surface area (Å²) in [6, 6.07) is 7.14. The average Bonchev–Trinajstić information content (AvgIpc) is 3.59. The average molecular weight is 492 g/mol. The molecule has 35 heavy (non-hydrogen) atoms. The van der Waals surface area contributed by atoms with Gasteiger partial charge in [0.2, 0.25) is 11.8 Å². The lowest BCUT2D eigenvalue weighted by molar-refractivity contribution is 0.0937. The summed E-state index contributed by atoms with van der Waals surface area (Å²) in [5, 5.41) is 16.7. The zero-order chi connectivity index (χ0) is 24.4. The lowest BCUT2D eigenvalue weighted by atomic mass is 10.1. The van der Waals surface area contributed by atoms with Crippen LogP contribution in [-0.4, -0.2) is 56.1 Å². The van der Waals surface area contributed by atoms with Gasteiger partial charge in [-0.2, -0.15) is 5.10 Å². The van der Waals surface area contributed by atoms with Crippen LogP contribution >= 0.6 is 11.6 Å². The second-order valence-electron chi connectivity index (χ2n) is 7.96. The maximum Gasteiger partial charge on any atom is 0.251 e. The number of aromatic amines is 1. The first-order valence-corrected chi connectivity index (χ1v) is 11.2. The number of pyridine rings is 1. The highest BCUT2D eigenvalue weighted by Crippen LogP contribution is 2.31. The molecule has 0 fully saturated rings. The van der Waals surface area contributed by atoms with E-state index in [0.29, 0.717) is 41.9 Å². The van der Waals surface area contributed by atoms with Gasteiger partial charge in [0, 0.05) is 66.4 Å². The van der Waals surface area contributed by atoms with Crippen LogP contribution in [0.4, 0.5) is 0 Å². The number of nitrogens with one attached hydrogen (secondary N) is 2. The number of halogens is 1. The Balaban J connectivity index is 1.35. The Labute approximate surface area is 205 Å². The Hall–Kier alpha value is -4.02. The number of aromatic nitrogens is 6. The molecule has 2 N–H and O–H groups in total. The predicted octanol–water partition coefficient (Wildman–Crippen LogP) is 3.63. The fourth-order valence-corrected chi connectivity index (χ4v) is 3.95. The highest BCUT2D eigenvalue weighted by Gasteiger charge is 2.17. The molecule has 0 spiro atoms. The van der Waals surface area contributed by atoms with Crippen molar-refractivity contribution in [3.63, 3.8) is 0 Å². The Morgan fingerprint density at radius 3 is 2.89 bits per heavy atom. The molecule has 0 aliphatic rings. The third-order valence-electron chi connectivity index (χ3n) is 5.52. The molecule has 4 aromatic heterocycles. The second kappa shape index (κ2) is 9.69. The highest BCUT2D eigenvalue weighted by molar-refractivity contribution is 6.31. The van der Waals surface area contributed by atoms with Gasteiger partial charge < -0.3 is 19.5 Å². The van der Waals surface area contributed by atoms with Crippen molar-refractivity contribution in [1.82, 2.24) is 35.3 Å². The number of methoxy groups -OCH3 is 1. The standard InChI is InChI=1S/C24H22ClN7O3/c1-32-13-17(11-29-32)16-7-18-19(12-28-22(18)27-10-16)24-31-30-21(35-24)9-14-3-4-15(8-20(14)25)23(33)26-5-6-34-2/h3-4,7-8,10-13H,5-6,9H2,1-2H3,(H,26,33)(H,27,28). The first-order valence-electron chi connectivity index (χ1n) is 10.9. The van der Waals surface area contributed by atoms with Crippen LogP contribution in [0.15, 0.2) is 53.5 Å². The topological polar surface area (TPSA) is 124 Å². The van der Waals surface area contributed by atoms with Crippen LogP contribution in [0.2, 0.25) is 5.02 Å². The first-order chi connectivity index (χ1) is 17.0. The van der Waals surface area contributed by atoms with E-state index in [2.05, 4.69) is 30.6 Å². The maximum atomic E-state index is 12.2. The summed E-state index contributed by atoms with van der Waals surface area (Å²) in [5.74, 6) is 0.570. The van der Waals surface area contributed by atoms with Gasteiger partial charge in [0.05, 0.1) is 24.8 Å². The van der Waals surface area contributed by atoms with Gasteiger partial charge in [-0.25, -0.2) is 4.98 Å². The van der Waals surface area contributed by atoms with Gasteiger partial charge in [0.15, 0.2) is 0 Å². The van der Waals surface area contributed by atoms with E-state index in [9.17, 15) is 4.79 Å². The summed E-state index contributed by atoms with van der Waals surface area (Å²) in [4.78, 5) is 19.9. The van der Waals surface area contributed by atoms with Crippen molar-refractivity contribution >= 4 is 28.5 Å². The summed E-state index contributed by atoms with van der Waals surface area (Å²) in [6.07, 6.45) is 7.64. The van der Waals surface area contributed by atoms with Crippen LogP contribution in [0.1, 0.15) is 21.8 Å². The quantitative estimate of drug-likeness (QED) is 0.317. The maximum absolute atomic E-state index is 12.2. The number of hydrogen-bond donors (Lipinski definition) is 2.